The van der Waals surface area contributed by atoms with Gasteiger partial charge in [0.2, 0.25) is 5.95 Å². The van der Waals surface area contributed by atoms with Crippen molar-refractivity contribution in [1.82, 2.24) is 9.55 Å². The maximum absolute atomic E-state index is 6.29. The Bertz CT molecular complexity index is 1040. The second-order valence-corrected chi connectivity index (χ2v) is 6.93. The van der Waals surface area contributed by atoms with Crippen LogP contribution in [0, 0.1) is 0 Å². The minimum atomic E-state index is 0.577. The van der Waals surface area contributed by atoms with E-state index in [0.717, 1.165) is 29.1 Å². The number of imidazole rings is 1. The van der Waals surface area contributed by atoms with Crippen LogP contribution < -0.4 is 5.32 Å². The van der Waals surface area contributed by atoms with E-state index in [-0.39, 0.29) is 0 Å². The predicted molar refractivity (Wildman–Crippen MR) is 109 cm³/mol. The van der Waals surface area contributed by atoms with Crippen molar-refractivity contribution >= 4 is 40.2 Å². The quantitative estimate of drug-likeness (QED) is 0.459. The number of benzene rings is 3. The van der Waals surface area contributed by atoms with Crippen LogP contribution in [0.1, 0.15) is 11.1 Å². The molecule has 130 valence electrons. The highest BCUT2D eigenvalue weighted by atomic mass is 35.5. The molecule has 0 aliphatic rings. The van der Waals surface area contributed by atoms with Gasteiger partial charge in [0.05, 0.1) is 17.6 Å². The summed E-state index contributed by atoms with van der Waals surface area (Å²) in [5.74, 6) is 0.820. The number of fused-ring (bicyclic) bond motifs is 1. The van der Waals surface area contributed by atoms with E-state index in [9.17, 15) is 0 Å². The van der Waals surface area contributed by atoms with Gasteiger partial charge >= 0.3 is 0 Å². The molecule has 1 heterocycles. The Hall–Kier alpha value is -2.49. The monoisotopic (exact) mass is 381 g/mol. The number of hydrogen-bond donors (Lipinski definition) is 1. The summed E-state index contributed by atoms with van der Waals surface area (Å²) in [5, 5.41) is 4.71. The number of aromatic nitrogens is 2. The number of hydrogen-bond acceptors (Lipinski definition) is 2. The molecule has 3 nitrogen and oxygen atoms in total. The van der Waals surface area contributed by atoms with E-state index in [0.29, 0.717) is 16.6 Å². The zero-order chi connectivity index (χ0) is 17.9. The predicted octanol–water partition coefficient (Wildman–Crippen LogP) is 6.00. The fourth-order valence-corrected chi connectivity index (χ4v) is 3.45. The first kappa shape index (κ1) is 17.0. The largest absolute Gasteiger partial charge is 0.351 e. The van der Waals surface area contributed by atoms with Crippen molar-refractivity contribution in [2.75, 3.05) is 5.32 Å². The topological polar surface area (TPSA) is 29.9 Å². The smallest absolute Gasteiger partial charge is 0.204 e. The van der Waals surface area contributed by atoms with Crippen LogP contribution >= 0.6 is 23.2 Å². The standard InChI is InChI=1S/C21H17Cl2N3/c22-17-11-10-16(18(23)12-17)13-24-21-25-19-8-4-5-9-20(19)26(21)14-15-6-2-1-3-7-15/h1-12H,13-14H2,(H,24,25). The van der Waals surface area contributed by atoms with Crippen LogP contribution in [0.4, 0.5) is 5.95 Å². The van der Waals surface area contributed by atoms with E-state index in [1.807, 2.05) is 36.4 Å². The Morgan fingerprint density at radius 1 is 0.885 bits per heavy atom. The van der Waals surface area contributed by atoms with Crippen molar-refractivity contribution in [3.05, 3.63) is 94.0 Å². The lowest BCUT2D eigenvalue weighted by Gasteiger charge is -2.12. The van der Waals surface area contributed by atoms with Gasteiger partial charge in [-0.1, -0.05) is 71.7 Å². The summed E-state index contributed by atoms with van der Waals surface area (Å²) < 4.78 is 2.19. The van der Waals surface area contributed by atoms with Gasteiger partial charge in [0.25, 0.3) is 0 Å². The maximum Gasteiger partial charge on any atom is 0.204 e. The van der Waals surface area contributed by atoms with Crippen molar-refractivity contribution in [3.8, 4) is 0 Å². The number of halogens is 2. The van der Waals surface area contributed by atoms with E-state index in [1.54, 1.807) is 6.07 Å². The maximum atomic E-state index is 6.29. The highest BCUT2D eigenvalue weighted by Gasteiger charge is 2.11. The molecule has 0 amide bonds. The van der Waals surface area contributed by atoms with Crippen molar-refractivity contribution < 1.29 is 0 Å². The average Bonchev–Trinajstić information content (AvgIpc) is 3.00. The molecule has 3 aromatic carbocycles. The number of rotatable bonds is 5. The lowest BCUT2D eigenvalue weighted by atomic mass is 10.2. The van der Waals surface area contributed by atoms with E-state index in [4.69, 9.17) is 28.2 Å². The summed E-state index contributed by atoms with van der Waals surface area (Å²) in [7, 11) is 0. The zero-order valence-electron chi connectivity index (χ0n) is 14.0. The number of para-hydroxylation sites is 2. The van der Waals surface area contributed by atoms with Crippen LogP contribution in [0.3, 0.4) is 0 Å². The van der Waals surface area contributed by atoms with Gasteiger partial charge in [0.15, 0.2) is 0 Å². The molecule has 0 unspecified atom stereocenters. The minimum Gasteiger partial charge on any atom is -0.351 e. The normalized spacial score (nSPS) is 11.0. The lowest BCUT2D eigenvalue weighted by molar-refractivity contribution is 0.822. The van der Waals surface area contributed by atoms with Gasteiger partial charge in [-0.3, -0.25) is 0 Å². The molecule has 0 aliphatic carbocycles. The van der Waals surface area contributed by atoms with Crippen molar-refractivity contribution in [2.45, 2.75) is 13.1 Å². The summed E-state index contributed by atoms with van der Waals surface area (Å²) in [6.07, 6.45) is 0. The first-order chi connectivity index (χ1) is 12.7. The van der Waals surface area contributed by atoms with Crippen LogP contribution in [-0.4, -0.2) is 9.55 Å². The molecular weight excluding hydrogens is 365 g/mol. The van der Waals surface area contributed by atoms with Crippen LogP contribution in [0.15, 0.2) is 72.8 Å². The Labute approximate surface area is 162 Å². The SMILES string of the molecule is Clc1ccc(CNc2nc3ccccc3n2Cc2ccccc2)c(Cl)c1. The van der Waals surface area contributed by atoms with E-state index in [2.05, 4.69) is 40.2 Å². The van der Waals surface area contributed by atoms with E-state index < -0.39 is 0 Å². The highest BCUT2D eigenvalue weighted by Crippen LogP contribution is 2.24. The summed E-state index contributed by atoms with van der Waals surface area (Å²) in [6.45, 7) is 1.33. The van der Waals surface area contributed by atoms with Crippen molar-refractivity contribution in [2.24, 2.45) is 0 Å². The molecule has 0 atom stereocenters. The molecule has 4 aromatic rings. The number of nitrogens with zero attached hydrogens (tertiary/aromatic N) is 2. The van der Waals surface area contributed by atoms with Gasteiger partial charge in [-0.2, -0.15) is 0 Å². The lowest BCUT2D eigenvalue weighted by Crippen LogP contribution is -2.09. The summed E-state index contributed by atoms with van der Waals surface area (Å²) >= 11 is 12.3. The summed E-state index contributed by atoms with van der Waals surface area (Å²) in [4.78, 5) is 4.75. The Morgan fingerprint density at radius 3 is 2.46 bits per heavy atom. The Balaban J connectivity index is 1.66. The molecule has 0 aliphatic heterocycles. The van der Waals surface area contributed by atoms with Gasteiger partial charge in [-0.25, -0.2) is 4.98 Å². The first-order valence-electron chi connectivity index (χ1n) is 8.38. The highest BCUT2D eigenvalue weighted by molar-refractivity contribution is 6.35. The van der Waals surface area contributed by atoms with Crippen LogP contribution in [0.5, 0.6) is 0 Å². The second kappa shape index (κ2) is 7.40. The molecule has 0 fully saturated rings. The van der Waals surface area contributed by atoms with Gasteiger partial charge in [0.1, 0.15) is 0 Å². The first-order valence-corrected chi connectivity index (χ1v) is 9.13. The third-order valence-corrected chi connectivity index (χ3v) is 4.88. The van der Waals surface area contributed by atoms with Crippen LogP contribution in [-0.2, 0) is 13.1 Å². The molecule has 1 N–H and O–H groups in total. The molecule has 4 rings (SSSR count). The second-order valence-electron chi connectivity index (χ2n) is 6.09. The number of anilines is 1. The van der Waals surface area contributed by atoms with Gasteiger partial charge in [-0.15, -0.1) is 0 Å². The van der Waals surface area contributed by atoms with Crippen LogP contribution in [0.25, 0.3) is 11.0 Å². The minimum absolute atomic E-state index is 0.577. The molecule has 0 radical (unpaired) electrons. The molecular formula is C21H17Cl2N3. The molecule has 0 spiro atoms. The number of nitrogens with one attached hydrogen (secondary N) is 1. The third kappa shape index (κ3) is 3.55. The fraction of sp³-hybridized carbons (Fsp3) is 0.0952. The molecule has 26 heavy (non-hydrogen) atoms. The van der Waals surface area contributed by atoms with E-state index in [1.165, 1.54) is 5.56 Å². The summed E-state index contributed by atoms with van der Waals surface area (Å²) in [5.41, 5.74) is 4.27. The average molecular weight is 382 g/mol. The molecule has 0 saturated heterocycles. The summed E-state index contributed by atoms with van der Waals surface area (Å²) in [6, 6.07) is 24.0. The Morgan fingerprint density at radius 2 is 1.65 bits per heavy atom. The molecule has 5 heteroatoms. The van der Waals surface area contributed by atoms with Gasteiger partial charge < -0.3 is 9.88 Å². The fourth-order valence-electron chi connectivity index (χ4n) is 2.98. The molecule has 0 bridgehead atoms. The molecule has 0 saturated carbocycles. The van der Waals surface area contributed by atoms with Crippen LogP contribution in [0.2, 0.25) is 10.0 Å². The zero-order valence-corrected chi connectivity index (χ0v) is 15.5. The Kier molecular flexibility index (Phi) is 4.83. The van der Waals surface area contributed by atoms with Crippen molar-refractivity contribution in [1.29, 1.82) is 0 Å². The molecule has 1 aromatic heterocycles. The van der Waals surface area contributed by atoms with Crippen molar-refractivity contribution in [3.63, 3.8) is 0 Å². The van der Waals surface area contributed by atoms with Gasteiger partial charge in [0, 0.05) is 16.6 Å². The third-order valence-electron chi connectivity index (χ3n) is 4.29. The van der Waals surface area contributed by atoms with Gasteiger partial charge in [-0.05, 0) is 35.4 Å². The van der Waals surface area contributed by atoms with E-state index >= 15 is 0 Å².